The van der Waals surface area contributed by atoms with Crippen molar-refractivity contribution in [3.8, 4) is 11.4 Å². The molecule has 2 aromatic rings. The fraction of sp³-hybridized carbons (Fsp3) is 0.471. The maximum atomic E-state index is 4.74. The van der Waals surface area contributed by atoms with Gasteiger partial charge in [-0.1, -0.05) is 18.2 Å². The average Bonchev–Trinajstić information content (AvgIpc) is 3.16. The van der Waals surface area contributed by atoms with E-state index in [1.165, 1.54) is 24.9 Å². The molecule has 1 saturated heterocycles. The summed E-state index contributed by atoms with van der Waals surface area (Å²) in [5.41, 5.74) is 2.18. The molecule has 1 aromatic heterocycles. The lowest BCUT2D eigenvalue weighted by atomic mass is 10.1. The van der Waals surface area contributed by atoms with E-state index in [9.17, 15) is 0 Å². The minimum Gasteiger partial charge on any atom is -0.357 e. The largest absolute Gasteiger partial charge is 0.357 e. The van der Waals surface area contributed by atoms with Crippen molar-refractivity contribution in [3.05, 3.63) is 36.2 Å². The number of hydrogen-bond donors (Lipinski definition) is 3. The van der Waals surface area contributed by atoms with Crippen molar-refractivity contribution in [2.45, 2.75) is 32.4 Å². The van der Waals surface area contributed by atoms with E-state index in [0.29, 0.717) is 12.6 Å². The quantitative estimate of drug-likeness (QED) is 0.354. The predicted octanol–water partition coefficient (Wildman–Crippen LogP) is 3.04. The maximum absolute atomic E-state index is 4.74. The Morgan fingerprint density at radius 1 is 1.44 bits per heavy atom. The van der Waals surface area contributed by atoms with Crippen LogP contribution in [0.3, 0.4) is 0 Å². The number of benzene rings is 1. The normalized spacial score (nSPS) is 17.6. The molecule has 2 heterocycles. The number of nitrogens with zero attached hydrogens (tertiary/aromatic N) is 3. The third kappa shape index (κ3) is 6.18. The van der Waals surface area contributed by atoms with E-state index in [4.69, 9.17) is 4.99 Å². The van der Waals surface area contributed by atoms with Crippen LogP contribution in [0.25, 0.3) is 11.4 Å². The molecule has 0 saturated carbocycles. The lowest BCUT2D eigenvalue weighted by Gasteiger charge is -2.24. The van der Waals surface area contributed by atoms with Crippen LogP contribution in [0.15, 0.2) is 35.6 Å². The van der Waals surface area contributed by atoms with Crippen LogP contribution in [-0.2, 0) is 6.54 Å². The first-order valence-corrected chi connectivity index (χ1v) is 9.58. The zero-order valence-corrected chi connectivity index (χ0v) is 17.5. The van der Waals surface area contributed by atoms with E-state index >= 15 is 0 Å². The van der Waals surface area contributed by atoms with Gasteiger partial charge >= 0.3 is 0 Å². The van der Waals surface area contributed by atoms with Gasteiger partial charge in [0.15, 0.2) is 11.8 Å². The Morgan fingerprint density at radius 3 is 3.08 bits per heavy atom. The Morgan fingerprint density at radius 2 is 2.36 bits per heavy atom. The second-order valence-corrected chi connectivity index (χ2v) is 6.94. The number of aromatic amines is 1. The zero-order valence-electron chi connectivity index (χ0n) is 14.4. The molecule has 1 atom stereocenters. The third-order valence-corrected chi connectivity index (χ3v) is 5.10. The first-order chi connectivity index (χ1) is 11.8. The first kappa shape index (κ1) is 20.0. The summed E-state index contributed by atoms with van der Waals surface area (Å²) in [5.74, 6) is 4.12. The highest BCUT2D eigenvalue weighted by Crippen LogP contribution is 2.17. The molecule has 3 N–H and O–H groups in total. The van der Waals surface area contributed by atoms with Gasteiger partial charge in [-0.25, -0.2) is 9.98 Å². The van der Waals surface area contributed by atoms with Gasteiger partial charge in [-0.15, -0.1) is 24.0 Å². The molecule has 3 rings (SSSR count). The summed E-state index contributed by atoms with van der Waals surface area (Å²) in [7, 11) is 0. The van der Waals surface area contributed by atoms with Crippen LogP contribution in [0.1, 0.15) is 25.3 Å². The van der Waals surface area contributed by atoms with E-state index in [2.05, 4.69) is 44.9 Å². The smallest absolute Gasteiger partial charge is 0.191 e. The Hall–Kier alpha value is -1.29. The van der Waals surface area contributed by atoms with Crippen molar-refractivity contribution in [2.24, 2.45) is 4.99 Å². The van der Waals surface area contributed by atoms with Crippen LogP contribution < -0.4 is 10.6 Å². The van der Waals surface area contributed by atoms with Crippen LogP contribution in [0.2, 0.25) is 0 Å². The number of aromatic nitrogens is 3. The predicted molar refractivity (Wildman–Crippen MR) is 116 cm³/mol. The lowest BCUT2D eigenvalue weighted by Crippen LogP contribution is -2.45. The number of hydrogen-bond acceptors (Lipinski definition) is 4. The minimum absolute atomic E-state index is 0. The molecule has 1 aliphatic rings. The molecule has 1 aromatic carbocycles. The summed E-state index contributed by atoms with van der Waals surface area (Å²) in [6.07, 6.45) is 4.02. The lowest BCUT2D eigenvalue weighted by molar-refractivity contribution is 0.582. The van der Waals surface area contributed by atoms with Gasteiger partial charge in [0.2, 0.25) is 0 Å². The Kier molecular flexibility index (Phi) is 8.53. The van der Waals surface area contributed by atoms with Crippen molar-refractivity contribution < 1.29 is 0 Å². The summed E-state index contributed by atoms with van der Waals surface area (Å²) >= 11 is 2.02. The molecule has 0 aliphatic carbocycles. The monoisotopic (exact) mass is 472 g/mol. The fourth-order valence-corrected chi connectivity index (χ4v) is 3.77. The van der Waals surface area contributed by atoms with Gasteiger partial charge in [0.25, 0.3) is 0 Å². The van der Waals surface area contributed by atoms with Crippen LogP contribution in [-0.4, -0.2) is 45.2 Å². The summed E-state index contributed by atoms with van der Waals surface area (Å²) < 4.78 is 0. The van der Waals surface area contributed by atoms with Crippen molar-refractivity contribution in [3.63, 3.8) is 0 Å². The van der Waals surface area contributed by atoms with Crippen LogP contribution in [0, 0.1) is 0 Å². The van der Waals surface area contributed by atoms with E-state index in [1.54, 1.807) is 0 Å². The van der Waals surface area contributed by atoms with Crippen molar-refractivity contribution in [1.29, 1.82) is 0 Å². The number of halogens is 1. The highest BCUT2D eigenvalue weighted by Gasteiger charge is 2.14. The molecular formula is C17H25IN6S. The van der Waals surface area contributed by atoms with Crippen molar-refractivity contribution in [2.75, 3.05) is 18.1 Å². The number of thioether (sulfide) groups is 1. The number of rotatable bonds is 5. The molecule has 136 valence electrons. The van der Waals surface area contributed by atoms with E-state index in [1.807, 2.05) is 23.9 Å². The number of nitrogens with one attached hydrogen (secondary N) is 3. The summed E-state index contributed by atoms with van der Waals surface area (Å²) in [6, 6.07) is 8.76. The Balaban J connectivity index is 0.00000225. The molecule has 8 heteroatoms. The minimum atomic E-state index is 0. The van der Waals surface area contributed by atoms with E-state index in [-0.39, 0.29) is 24.0 Å². The molecular weight excluding hydrogens is 447 g/mol. The second-order valence-electron chi connectivity index (χ2n) is 5.79. The van der Waals surface area contributed by atoms with Crippen molar-refractivity contribution >= 4 is 41.7 Å². The topological polar surface area (TPSA) is 78.0 Å². The summed E-state index contributed by atoms with van der Waals surface area (Å²) in [5, 5.41) is 13.7. The first-order valence-electron chi connectivity index (χ1n) is 8.42. The molecule has 25 heavy (non-hydrogen) atoms. The highest BCUT2D eigenvalue weighted by atomic mass is 127. The number of guanidine groups is 1. The summed E-state index contributed by atoms with van der Waals surface area (Å²) in [6.45, 7) is 3.60. The van der Waals surface area contributed by atoms with Crippen LogP contribution in [0.5, 0.6) is 0 Å². The third-order valence-electron chi connectivity index (χ3n) is 3.88. The molecule has 0 spiro atoms. The Labute approximate surface area is 170 Å². The molecule has 1 unspecified atom stereocenters. The van der Waals surface area contributed by atoms with E-state index < -0.39 is 0 Å². The average molecular weight is 472 g/mol. The summed E-state index contributed by atoms with van der Waals surface area (Å²) in [4.78, 5) is 8.94. The molecule has 0 radical (unpaired) electrons. The molecule has 1 aliphatic heterocycles. The van der Waals surface area contributed by atoms with Gasteiger partial charge in [-0.05, 0) is 37.1 Å². The van der Waals surface area contributed by atoms with Crippen molar-refractivity contribution in [1.82, 2.24) is 25.8 Å². The van der Waals surface area contributed by atoms with Gasteiger partial charge in [0, 0.05) is 23.9 Å². The maximum Gasteiger partial charge on any atom is 0.191 e. The Bertz CT molecular complexity index is 655. The second kappa shape index (κ2) is 10.6. The van der Waals surface area contributed by atoms with Crippen LogP contribution in [0.4, 0.5) is 0 Å². The van der Waals surface area contributed by atoms with Gasteiger partial charge in [-0.2, -0.15) is 16.9 Å². The zero-order chi connectivity index (χ0) is 16.6. The molecule has 1 fully saturated rings. The molecule has 0 amide bonds. The SMILES string of the molecule is CCNC(=NCc1cccc(-c2ncn[nH]2)c1)NC1CCCSC1.I. The van der Waals surface area contributed by atoms with Gasteiger partial charge in [-0.3, -0.25) is 5.10 Å². The van der Waals surface area contributed by atoms with Gasteiger partial charge in [0.05, 0.1) is 6.54 Å². The van der Waals surface area contributed by atoms with E-state index in [0.717, 1.165) is 35.2 Å². The standard InChI is InChI=1S/C17H24N6S.HI/c1-2-18-17(22-15-7-4-8-24-11-15)19-10-13-5-3-6-14(9-13)16-20-12-21-23-16;/h3,5-6,9,12,15H,2,4,7-8,10-11H2,1H3,(H2,18,19,22)(H,20,21,23);1H. The van der Waals surface area contributed by atoms with Gasteiger partial charge in [0.1, 0.15) is 6.33 Å². The van der Waals surface area contributed by atoms with Gasteiger partial charge < -0.3 is 10.6 Å². The molecule has 0 bridgehead atoms. The fourth-order valence-electron chi connectivity index (χ4n) is 2.70. The number of aliphatic imine (C=N–C) groups is 1. The highest BCUT2D eigenvalue weighted by molar-refractivity contribution is 14.0. The van der Waals surface area contributed by atoms with Crippen LogP contribution >= 0.6 is 35.7 Å². The number of H-pyrrole nitrogens is 1. The molecule has 6 nitrogen and oxygen atoms in total.